The number of unbranched alkanes of at least 4 members (excludes halogenated alkanes) is 19. The van der Waals surface area contributed by atoms with Gasteiger partial charge in [0.2, 0.25) is 0 Å². The van der Waals surface area contributed by atoms with Gasteiger partial charge in [-0.25, -0.2) is 4.79 Å². The largest absolute Gasteiger partial charge is 0.456 e. The minimum absolute atomic E-state index is 0.226. The lowest BCUT2D eigenvalue weighted by Crippen LogP contribution is -2.52. The molecule has 0 unspecified atom stereocenters. The van der Waals surface area contributed by atoms with Crippen LogP contribution in [0.4, 0.5) is 0 Å². The molecule has 0 bridgehead atoms. The number of hydrogen-bond acceptors (Lipinski definition) is 2. The van der Waals surface area contributed by atoms with Crippen molar-refractivity contribution in [2.75, 3.05) is 32.8 Å². The van der Waals surface area contributed by atoms with Gasteiger partial charge in [-0.15, -0.1) is 0 Å². The van der Waals surface area contributed by atoms with Gasteiger partial charge in [0.25, 0.3) is 0 Å². The summed E-state index contributed by atoms with van der Waals surface area (Å²) in [7, 11) is 0. The Kier molecular flexibility index (Phi) is 26.2. The second-order valence-electron chi connectivity index (χ2n) is 11.9. The van der Waals surface area contributed by atoms with Gasteiger partial charge in [0, 0.05) is 5.57 Å². The van der Waals surface area contributed by atoms with Crippen molar-refractivity contribution < 1.29 is 14.0 Å². The van der Waals surface area contributed by atoms with E-state index in [9.17, 15) is 4.79 Å². The summed E-state index contributed by atoms with van der Waals surface area (Å²) < 4.78 is 6.78. The average Bonchev–Trinajstić information content (AvgIpc) is 2.89. The van der Waals surface area contributed by atoms with Gasteiger partial charge in [-0.2, -0.15) is 0 Å². The van der Waals surface area contributed by atoms with Crippen LogP contribution in [0.25, 0.3) is 0 Å². The van der Waals surface area contributed by atoms with Crippen molar-refractivity contribution in [1.29, 1.82) is 0 Å². The smallest absolute Gasteiger partial charge is 0.333 e. The van der Waals surface area contributed by atoms with Gasteiger partial charge in [0.15, 0.2) is 0 Å². The molecule has 0 aliphatic carbocycles. The van der Waals surface area contributed by atoms with E-state index in [1.165, 1.54) is 161 Å². The predicted octanol–water partition coefficient (Wildman–Crippen LogP) is 10.6. The molecule has 0 radical (unpaired) electrons. The van der Waals surface area contributed by atoms with E-state index in [-0.39, 0.29) is 5.97 Å². The van der Waals surface area contributed by atoms with E-state index in [2.05, 4.69) is 27.4 Å². The summed E-state index contributed by atoms with van der Waals surface area (Å²) in [5.41, 5.74) is 0.514. The molecule has 3 heteroatoms. The fraction of sp³-hybridized carbons (Fsp3) is 0.912. The number of carbonyl (C=O) groups is 1. The molecule has 0 aliphatic heterocycles. The standard InChI is InChI=1S/C34H68NO2/c1-6-9-12-15-18-19-20-21-24-27-30-35(28-25-22-16-13-10-7-2,29-26-23-17-14-11-8-3)31-32-37-34(36)33(4)5/h4,6-32H2,1-3,5H3/q+1. The highest BCUT2D eigenvalue weighted by Gasteiger charge is 2.26. The minimum Gasteiger partial charge on any atom is -0.456 e. The van der Waals surface area contributed by atoms with E-state index in [4.69, 9.17) is 4.74 Å². The minimum atomic E-state index is -0.226. The first-order valence-electron chi connectivity index (χ1n) is 16.7. The second-order valence-corrected chi connectivity index (χ2v) is 11.9. The summed E-state index contributed by atoms with van der Waals surface area (Å²) in [5, 5.41) is 0. The molecule has 0 amide bonds. The van der Waals surface area contributed by atoms with Gasteiger partial charge >= 0.3 is 5.97 Å². The third-order valence-corrected chi connectivity index (χ3v) is 8.11. The molecule has 0 spiro atoms. The van der Waals surface area contributed by atoms with Gasteiger partial charge in [-0.1, -0.05) is 130 Å². The number of ether oxygens (including phenoxy) is 1. The summed E-state index contributed by atoms with van der Waals surface area (Å²) in [4.78, 5) is 12.1. The third-order valence-electron chi connectivity index (χ3n) is 8.11. The Morgan fingerprint density at radius 1 is 0.514 bits per heavy atom. The summed E-state index contributed by atoms with van der Waals surface area (Å²) in [5.74, 6) is -0.226. The highest BCUT2D eigenvalue weighted by molar-refractivity contribution is 5.86. The number of nitrogens with zero attached hydrogens (tertiary/aromatic N) is 1. The van der Waals surface area contributed by atoms with E-state index >= 15 is 0 Å². The second kappa shape index (κ2) is 26.8. The Labute approximate surface area is 233 Å². The van der Waals surface area contributed by atoms with Crippen molar-refractivity contribution in [2.45, 2.75) is 169 Å². The third kappa shape index (κ3) is 22.8. The van der Waals surface area contributed by atoms with E-state index in [1.54, 1.807) is 6.92 Å². The van der Waals surface area contributed by atoms with E-state index in [0.29, 0.717) is 12.2 Å². The molecule has 0 N–H and O–H groups in total. The first kappa shape index (κ1) is 36.2. The Bertz CT molecular complexity index is 500. The first-order valence-corrected chi connectivity index (χ1v) is 16.7. The zero-order valence-corrected chi connectivity index (χ0v) is 26.1. The van der Waals surface area contributed by atoms with E-state index < -0.39 is 0 Å². The number of rotatable bonds is 29. The van der Waals surface area contributed by atoms with Crippen LogP contribution in [0.15, 0.2) is 12.2 Å². The fourth-order valence-electron chi connectivity index (χ4n) is 5.52. The zero-order chi connectivity index (χ0) is 27.5. The van der Waals surface area contributed by atoms with Crippen LogP contribution in [0.3, 0.4) is 0 Å². The molecule has 0 fully saturated rings. The average molecular weight is 523 g/mol. The quantitative estimate of drug-likeness (QED) is 0.0422. The summed E-state index contributed by atoms with van der Waals surface area (Å²) >= 11 is 0. The van der Waals surface area contributed by atoms with Crippen LogP contribution in [-0.4, -0.2) is 43.2 Å². The molecule has 3 nitrogen and oxygen atoms in total. The molecule has 0 saturated heterocycles. The van der Waals surface area contributed by atoms with Crippen molar-refractivity contribution in [3.05, 3.63) is 12.2 Å². The molecule has 0 aliphatic rings. The summed E-state index contributed by atoms with van der Waals surface area (Å²) in [6.45, 7) is 17.7. The molecular weight excluding hydrogens is 454 g/mol. The van der Waals surface area contributed by atoms with Gasteiger partial charge < -0.3 is 9.22 Å². The van der Waals surface area contributed by atoms with Crippen LogP contribution in [0.5, 0.6) is 0 Å². The monoisotopic (exact) mass is 523 g/mol. The molecular formula is C34H68NO2+. The predicted molar refractivity (Wildman–Crippen MR) is 164 cm³/mol. The first-order chi connectivity index (χ1) is 18.0. The lowest BCUT2D eigenvalue weighted by molar-refractivity contribution is -0.929. The molecule has 0 atom stereocenters. The van der Waals surface area contributed by atoms with Crippen molar-refractivity contribution >= 4 is 5.97 Å². The van der Waals surface area contributed by atoms with Crippen molar-refractivity contribution in [1.82, 2.24) is 0 Å². The Morgan fingerprint density at radius 3 is 1.11 bits per heavy atom. The molecule has 0 aromatic heterocycles. The normalized spacial score (nSPS) is 11.7. The number of esters is 1. The highest BCUT2D eigenvalue weighted by Crippen LogP contribution is 2.19. The molecule has 0 saturated carbocycles. The maximum atomic E-state index is 12.1. The molecule has 0 heterocycles. The Balaban J connectivity index is 4.82. The van der Waals surface area contributed by atoms with Crippen LogP contribution < -0.4 is 0 Å². The summed E-state index contributed by atoms with van der Waals surface area (Å²) in [6, 6.07) is 0. The van der Waals surface area contributed by atoms with Gasteiger partial charge in [0.05, 0.1) is 19.6 Å². The SMILES string of the molecule is C=C(C)C(=O)OCC[N+](CCCCCCCC)(CCCCCCCC)CCCCCCCCCCCC. The maximum Gasteiger partial charge on any atom is 0.333 e. The fourth-order valence-corrected chi connectivity index (χ4v) is 5.52. The van der Waals surface area contributed by atoms with Crippen LogP contribution in [0, 0.1) is 0 Å². The van der Waals surface area contributed by atoms with E-state index in [1.807, 2.05) is 0 Å². The number of carbonyl (C=O) groups excluding carboxylic acids is 1. The Morgan fingerprint density at radius 2 is 0.811 bits per heavy atom. The molecule has 220 valence electrons. The maximum absolute atomic E-state index is 12.1. The van der Waals surface area contributed by atoms with Crippen LogP contribution in [0.1, 0.15) is 169 Å². The lowest BCUT2D eigenvalue weighted by Gasteiger charge is -2.39. The summed E-state index contributed by atoms with van der Waals surface area (Å²) in [6.07, 6.45) is 30.0. The molecule has 37 heavy (non-hydrogen) atoms. The van der Waals surface area contributed by atoms with E-state index in [0.717, 1.165) is 11.0 Å². The van der Waals surface area contributed by atoms with Crippen molar-refractivity contribution in [3.8, 4) is 0 Å². The van der Waals surface area contributed by atoms with Crippen LogP contribution in [-0.2, 0) is 9.53 Å². The topological polar surface area (TPSA) is 26.3 Å². The number of quaternary nitrogens is 1. The highest BCUT2D eigenvalue weighted by atomic mass is 16.5. The molecule has 0 aromatic rings. The van der Waals surface area contributed by atoms with Gasteiger partial charge in [-0.3, -0.25) is 0 Å². The van der Waals surface area contributed by atoms with Gasteiger partial charge in [-0.05, 0) is 45.4 Å². The van der Waals surface area contributed by atoms with Crippen molar-refractivity contribution in [3.63, 3.8) is 0 Å². The van der Waals surface area contributed by atoms with Crippen LogP contribution >= 0.6 is 0 Å². The number of hydrogen-bond donors (Lipinski definition) is 0. The Hall–Kier alpha value is -0.830. The molecule has 0 aromatic carbocycles. The van der Waals surface area contributed by atoms with Crippen LogP contribution in [0.2, 0.25) is 0 Å². The zero-order valence-electron chi connectivity index (χ0n) is 26.1. The molecule has 0 rings (SSSR count). The van der Waals surface area contributed by atoms with Gasteiger partial charge in [0.1, 0.15) is 13.2 Å². The van der Waals surface area contributed by atoms with Crippen molar-refractivity contribution in [2.24, 2.45) is 0 Å². The lowest BCUT2D eigenvalue weighted by atomic mass is 10.0.